The van der Waals surface area contributed by atoms with Gasteiger partial charge in [0.25, 0.3) is 0 Å². The first-order chi connectivity index (χ1) is 11.7. The molecular formula is C16H18N4O4. The highest BCUT2D eigenvalue weighted by Crippen LogP contribution is 2.45. The van der Waals surface area contributed by atoms with E-state index in [0.717, 1.165) is 36.4 Å². The number of aryl methyl sites for hydroxylation is 1. The van der Waals surface area contributed by atoms with Gasteiger partial charge in [-0.05, 0) is 28.8 Å². The van der Waals surface area contributed by atoms with Gasteiger partial charge in [-0.25, -0.2) is 0 Å². The van der Waals surface area contributed by atoms with E-state index in [9.17, 15) is 10.1 Å². The van der Waals surface area contributed by atoms with E-state index >= 15 is 0 Å². The lowest BCUT2D eigenvalue weighted by Crippen LogP contribution is -2.26. The summed E-state index contributed by atoms with van der Waals surface area (Å²) < 4.78 is 13.2. The molecule has 24 heavy (non-hydrogen) atoms. The fraction of sp³-hybridized carbons (Fsp3) is 0.438. The Morgan fingerprint density at radius 3 is 3.00 bits per heavy atom. The molecule has 0 amide bonds. The Balaban J connectivity index is 1.77. The fourth-order valence-corrected chi connectivity index (χ4v) is 3.57. The lowest BCUT2D eigenvalue weighted by Gasteiger charge is -2.29. The second kappa shape index (κ2) is 5.70. The van der Waals surface area contributed by atoms with Gasteiger partial charge in [0.1, 0.15) is 13.2 Å². The molecule has 0 aliphatic carbocycles. The largest absolute Gasteiger partial charge is 0.486 e. The number of nitrogens with zero attached hydrogens (tertiary/aromatic N) is 4. The minimum atomic E-state index is -0.426. The maximum absolute atomic E-state index is 11.3. The number of anilines is 1. The molecule has 126 valence electrons. The maximum Gasteiger partial charge on any atom is 0.406 e. The van der Waals surface area contributed by atoms with Crippen molar-refractivity contribution in [2.75, 3.05) is 24.7 Å². The normalized spacial score (nSPS) is 19.5. The van der Waals surface area contributed by atoms with Crippen molar-refractivity contribution in [2.24, 2.45) is 7.05 Å². The van der Waals surface area contributed by atoms with Crippen LogP contribution in [-0.4, -0.2) is 34.2 Å². The summed E-state index contributed by atoms with van der Waals surface area (Å²) in [7, 11) is 1.78. The summed E-state index contributed by atoms with van der Waals surface area (Å²) in [6, 6.07) is 5.86. The highest BCUT2D eigenvalue weighted by atomic mass is 16.6. The van der Waals surface area contributed by atoms with Gasteiger partial charge in [0.15, 0.2) is 11.5 Å². The third kappa shape index (κ3) is 2.26. The summed E-state index contributed by atoms with van der Waals surface area (Å²) in [6.07, 6.45) is 3.35. The SMILES string of the molecule is Cn1cnc([N+](=O)[O-])c1N1CCCC1c1cccc2c1OCCO2. The van der Waals surface area contributed by atoms with Crippen LogP contribution in [0.25, 0.3) is 0 Å². The molecule has 1 saturated heterocycles. The molecule has 1 aromatic carbocycles. The molecule has 1 unspecified atom stereocenters. The molecule has 0 N–H and O–H groups in total. The number of imidazole rings is 1. The monoisotopic (exact) mass is 330 g/mol. The molecule has 2 aliphatic rings. The van der Waals surface area contributed by atoms with Crippen molar-refractivity contribution in [3.8, 4) is 11.5 Å². The van der Waals surface area contributed by atoms with Crippen LogP contribution in [0.1, 0.15) is 24.4 Å². The molecule has 1 fully saturated rings. The summed E-state index contributed by atoms with van der Waals surface area (Å²) in [5.41, 5.74) is 1.01. The Hall–Kier alpha value is -2.77. The molecule has 1 aromatic heterocycles. The van der Waals surface area contributed by atoms with Crippen LogP contribution in [0.15, 0.2) is 24.5 Å². The van der Waals surface area contributed by atoms with Crippen LogP contribution in [0, 0.1) is 10.1 Å². The summed E-state index contributed by atoms with van der Waals surface area (Å²) in [6.45, 7) is 1.80. The first kappa shape index (κ1) is 14.8. The third-order valence-electron chi connectivity index (χ3n) is 4.54. The summed E-state index contributed by atoms with van der Waals surface area (Å²) >= 11 is 0. The van der Waals surface area contributed by atoms with Gasteiger partial charge in [-0.2, -0.15) is 0 Å². The minimum absolute atomic E-state index is 0.00995. The quantitative estimate of drug-likeness (QED) is 0.635. The predicted octanol–water partition coefficient (Wildman–Crippen LogP) is 2.44. The van der Waals surface area contributed by atoms with E-state index in [4.69, 9.17) is 9.47 Å². The second-order valence-electron chi connectivity index (χ2n) is 5.98. The van der Waals surface area contributed by atoms with Gasteiger partial charge >= 0.3 is 5.82 Å². The molecule has 1 atom stereocenters. The highest BCUT2D eigenvalue weighted by molar-refractivity contribution is 5.59. The van der Waals surface area contributed by atoms with Crippen LogP contribution in [0.2, 0.25) is 0 Å². The van der Waals surface area contributed by atoms with Crippen LogP contribution in [0.4, 0.5) is 11.6 Å². The fourth-order valence-electron chi connectivity index (χ4n) is 3.57. The van der Waals surface area contributed by atoms with Gasteiger partial charge < -0.3 is 24.5 Å². The summed E-state index contributed by atoms with van der Waals surface area (Å²) in [4.78, 5) is 16.9. The maximum atomic E-state index is 11.3. The van der Waals surface area contributed by atoms with Gasteiger partial charge in [-0.3, -0.25) is 4.57 Å². The van der Waals surface area contributed by atoms with Crippen molar-refractivity contribution in [1.29, 1.82) is 0 Å². The second-order valence-corrected chi connectivity index (χ2v) is 5.98. The topological polar surface area (TPSA) is 82.7 Å². The molecule has 3 heterocycles. The first-order valence-electron chi connectivity index (χ1n) is 7.97. The van der Waals surface area contributed by atoms with Crippen LogP contribution >= 0.6 is 0 Å². The molecule has 0 radical (unpaired) electrons. The average Bonchev–Trinajstić information content (AvgIpc) is 3.20. The van der Waals surface area contributed by atoms with Crippen molar-refractivity contribution in [1.82, 2.24) is 9.55 Å². The minimum Gasteiger partial charge on any atom is -0.486 e. The molecule has 8 heteroatoms. The van der Waals surface area contributed by atoms with Crippen molar-refractivity contribution in [3.05, 3.63) is 40.2 Å². The zero-order valence-electron chi connectivity index (χ0n) is 13.3. The Kier molecular flexibility index (Phi) is 3.51. The average molecular weight is 330 g/mol. The number of nitro groups is 1. The van der Waals surface area contributed by atoms with E-state index in [2.05, 4.69) is 9.88 Å². The van der Waals surface area contributed by atoms with E-state index in [-0.39, 0.29) is 11.9 Å². The molecule has 0 saturated carbocycles. The Morgan fingerprint density at radius 2 is 2.17 bits per heavy atom. The van der Waals surface area contributed by atoms with Crippen LogP contribution in [-0.2, 0) is 7.05 Å². The molecule has 2 aromatic rings. The van der Waals surface area contributed by atoms with E-state index < -0.39 is 4.92 Å². The zero-order valence-corrected chi connectivity index (χ0v) is 13.3. The number of rotatable bonds is 3. The third-order valence-corrected chi connectivity index (χ3v) is 4.54. The van der Waals surface area contributed by atoms with E-state index in [1.54, 1.807) is 11.6 Å². The van der Waals surface area contributed by atoms with Crippen molar-refractivity contribution >= 4 is 11.6 Å². The van der Waals surface area contributed by atoms with Crippen molar-refractivity contribution in [3.63, 3.8) is 0 Å². The molecule has 8 nitrogen and oxygen atoms in total. The number of aromatic nitrogens is 2. The standard InChI is InChI=1S/C16H18N4O4/c1-18-10-17-15(20(21)22)16(18)19-7-3-5-12(19)11-4-2-6-13-14(11)24-9-8-23-13/h2,4,6,10,12H,3,5,7-9H2,1H3. The Bertz CT molecular complexity index is 788. The lowest BCUT2D eigenvalue weighted by molar-refractivity contribution is -0.388. The van der Waals surface area contributed by atoms with Crippen molar-refractivity contribution in [2.45, 2.75) is 18.9 Å². The number of fused-ring (bicyclic) bond motifs is 1. The first-order valence-corrected chi connectivity index (χ1v) is 7.97. The van der Waals surface area contributed by atoms with Crippen molar-refractivity contribution < 1.29 is 14.4 Å². The van der Waals surface area contributed by atoms with Crippen LogP contribution < -0.4 is 14.4 Å². The number of benzene rings is 1. The Morgan fingerprint density at radius 1 is 1.33 bits per heavy atom. The zero-order chi connectivity index (χ0) is 16.7. The van der Waals surface area contributed by atoms with Gasteiger partial charge in [-0.1, -0.05) is 12.1 Å². The van der Waals surface area contributed by atoms with Gasteiger partial charge in [0.2, 0.25) is 12.1 Å². The van der Waals surface area contributed by atoms with Gasteiger partial charge in [0, 0.05) is 19.2 Å². The smallest absolute Gasteiger partial charge is 0.406 e. The van der Waals surface area contributed by atoms with E-state index in [0.29, 0.717) is 19.0 Å². The molecule has 0 spiro atoms. The van der Waals surface area contributed by atoms with E-state index in [1.165, 1.54) is 6.33 Å². The van der Waals surface area contributed by atoms with Gasteiger partial charge in [-0.15, -0.1) is 0 Å². The summed E-state index contributed by atoms with van der Waals surface area (Å²) in [5, 5.41) is 11.3. The summed E-state index contributed by atoms with van der Waals surface area (Å²) in [5.74, 6) is 1.93. The number of hydrogen-bond donors (Lipinski definition) is 0. The van der Waals surface area contributed by atoms with Gasteiger partial charge in [0.05, 0.1) is 6.04 Å². The number of hydrogen-bond acceptors (Lipinski definition) is 6. The predicted molar refractivity (Wildman–Crippen MR) is 86.6 cm³/mol. The van der Waals surface area contributed by atoms with Crippen LogP contribution in [0.3, 0.4) is 0 Å². The molecule has 2 aliphatic heterocycles. The number of ether oxygens (including phenoxy) is 2. The lowest BCUT2D eigenvalue weighted by atomic mass is 10.0. The molecule has 0 bridgehead atoms. The molecule has 4 rings (SSSR count). The van der Waals surface area contributed by atoms with E-state index in [1.807, 2.05) is 18.2 Å². The molecular weight excluding hydrogens is 312 g/mol. The Labute approximate surface area is 138 Å². The van der Waals surface area contributed by atoms with Crippen LogP contribution in [0.5, 0.6) is 11.5 Å². The highest BCUT2D eigenvalue weighted by Gasteiger charge is 2.36. The number of para-hydroxylation sites is 1.